The molecule has 2 aromatic rings. The van der Waals surface area contributed by atoms with Gasteiger partial charge in [-0.25, -0.2) is 9.18 Å². The van der Waals surface area contributed by atoms with Crippen LogP contribution >= 0.6 is 0 Å². The van der Waals surface area contributed by atoms with E-state index in [9.17, 15) is 9.35 Å². The Labute approximate surface area is 192 Å². The number of carbonyl (C=O) groups is 1. The summed E-state index contributed by atoms with van der Waals surface area (Å²) < 4.78 is 30.4. The number of hydrogen-bond donors (Lipinski definition) is 2. The van der Waals surface area contributed by atoms with Crippen molar-refractivity contribution in [2.45, 2.75) is 44.9 Å². The number of hydrogen-bond acceptors (Lipinski definition) is 4. The SMILES string of the molecule is CC(N[S+]([O-])C(C)(C)C)c1ccc(Cc2cccc(N3CCN(C(=O)O)CC3)c2F)cc1. The van der Waals surface area contributed by atoms with Crippen LogP contribution in [-0.2, 0) is 17.8 Å². The lowest BCUT2D eigenvalue weighted by Crippen LogP contribution is -2.48. The van der Waals surface area contributed by atoms with Crippen molar-refractivity contribution in [3.05, 3.63) is 65.0 Å². The highest BCUT2D eigenvalue weighted by molar-refractivity contribution is 7.90. The highest BCUT2D eigenvalue weighted by Crippen LogP contribution is 2.26. The average molecular weight is 462 g/mol. The number of rotatable bonds is 6. The molecule has 1 amide bonds. The number of piperazine rings is 1. The van der Waals surface area contributed by atoms with Crippen LogP contribution in [0, 0.1) is 5.82 Å². The quantitative estimate of drug-likeness (QED) is 0.626. The van der Waals surface area contributed by atoms with Gasteiger partial charge in [0, 0.05) is 44.0 Å². The Hall–Kier alpha value is -2.29. The molecular weight excluding hydrogens is 429 g/mol. The van der Waals surface area contributed by atoms with Crippen LogP contribution < -0.4 is 9.62 Å². The maximum Gasteiger partial charge on any atom is 0.407 e. The lowest BCUT2D eigenvalue weighted by atomic mass is 10.0. The molecular formula is C24H32FN3O3S. The fourth-order valence-electron chi connectivity index (χ4n) is 3.64. The molecule has 0 bridgehead atoms. The maximum absolute atomic E-state index is 15.2. The van der Waals surface area contributed by atoms with Crippen molar-refractivity contribution in [3.8, 4) is 0 Å². The summed E-state index contributed by atoms with van der Waals surface area (Å²) in [7, 11) is 0. The smallest absolute Gasteiger partial charge is 0.407 e. The van der Waals surface area contributed by atoms with Gasteiger partial charge < -0.3 is 19.5 Å². The Morgan fingerprint density at radius 3 is 2.34 bits per heavy atom. The molecule has 0 saturated carbocycles. The van der Waals surface area contributed by atoms with Crippen LogP contribution in [0.1, 0.15) is 50.4 Å². The van der Waals surface area contributed by atoms with Crippen molar-refractivity contribution in [2.75, 3.05) is 31.1 Å². The van der Waals surface area contributed by atoms with Crippen LogP contribution in [0.2, 0.25) is 0 Å². The first-order chi connectivity index (χ1) is 15.1. The molecule has 2 N–H and O–H groups in total. The van der Waals surface area contributed by atoms with Crippen LogP contribution in [0.3, 0.4) is 0 Å². The second kappa shape index (κ2) is 10.1. The van der Waals surface area contributed by atoms with Crippen molar-refractivity contribution in [3.63, 3.8) is 0 Å². The van der Waals surface area contributed by atoms with Gasteiger partial charge in [-0.15, -0.1) is 4.72 Å². The minimum atomic E-state index is -1.16. The van der Waals surface area contributed by atoms with Crippen molar-refractivity contribution in [2.24, 2.45) is 0 Å². The number of amides is 1. The van der Waals surface area contributed by atoms with Crippen LogP contribution in [-0.4, -0.2) is 51.6 Å². The first-order valence-corrected chi connectivity index (χ1v) is 12.0. The van der Waals surface area contributed by atoms with E-state index in [1.807, 2.05) is 62.9 Å². The third-order valence-corrected chi connectivity index (χ3v) is 7.34. The van der Waals surface area contributed by atoms with Gasteiger partial charge in [0.05, 0.1) is 11.7 Å². The van der Waals surface area contributed by atoms with Gasteiger partial charge in [-0.05, 0) is 50.5 Å². The molecule has 1 saturated heterocycles. The Kier molecular flexibility index (Phi) is 7.69. The van der Waals surface area contributed by atoms with Crippen LogP contribution in [0.5, 0.6) is 0 Å². The third-order valence-electron chi connectivity index (χ3n) is 5.66. The van der Waals surface area contributed by atoms with E-state index >= 15 is 4.39 Å². The first-order valence-electron chi connectivity index (χ1n) is 10.8. The molecule has 1 aliphatic heterocycles. The van der Waals surface area contributed by atoms with Crippen molar-refractivity contribution in [1.29, 1.82) is 0 Å². The number of anilines is 1. The van der Waals surface area contributed by atoms with Gasteiger partial charge in [0.1, 0.15) is 10.6 Å². The summed E-state index contributed by atoms with van der Waals surface area (Å²) in [6.07, 6.45) is -0.471. The zero-order valence-electron chi connectivity index (χ0n) is 19.1. The highest BCUT2D eigenvalue weighted by atomic mass is 32.2. The van der Waals surface area contributed by atoms with Gasteiger partial charge in [-0.1, -0.05) is 36.4 Å². The molecule has 1 heterocycles. The van der Waals surface area contributed by atoms with E-state index in [-0.39, 0.29) is 16.6 Å². The largest absolute Gasteiger partial charge is 0.598 e. The Bertz CT molecular complexity index is 925. The monoisotopic (exact) mass is 461 g/mol. The topological polar surface area (TPSA) is 78.9 Å². The zero-order valence-corrected chi connectivity index (χ0v) is 19.9. The molecule has 0 aromatic heterocycles. The second-order valence-corrected chi connectivity index (χ2v) is 11.1. The fraction of sp³-hybridized carbons (Fsp3) is 0.458. The third kappa shape index (κ3) is 5.94. The molecule has 2 atom stereocenters. The molecule has 1 fully saturated rings. The molecule has 3 rings (SSSR count). The minimum absolute atomic E-state index is 0.0614. The molecule has 0 spiro atoms. The molecule has 32 heavy (non-hydrogen) atoms. The van der Waals surface area contributed by atoms with E-state index in [0.29, 0.717) is 43.9 Å². The normalized spacial score (nSPS) is 16.7. The van der Waals surface area contributed by atoms with Gasteiger partial charge in [-0.3, -0.25) is 0 Å². The molecule has 0 aliphatic carbocycles. The van der Waals surface area contributed by atoms with E-state index in [4.69, 9.17) is 5.11 Å². The first kappa shape index (κ1) is 24.4. The Morgan fingerprint density at radius 2 is 1.78 bits per heavy atom. The molecule has 6 nitrogen and oxygen atoms in total. The predicted octanol–water partition coefficient (Wildman–Crippen LogP) is 4.33. The lowest BCUT2D eigenvalue weighted by molar-refractivity contribution is 0.142. The molecule has 2 unspecified atom stereocenters. The number of carboxylic acid groups (broad SMARTS) is 1. The van der Waals surface area contributed by atoms with E-state index in [1.54, 1.807) is 12.1 Å². The molecule has 0 radical (unpaired) electrons. The van der Waals surface area contributed by atoms with E-state index < -0.39 is 17.5 Å². The molecule has 8 heteroatoms. The summed E-state index contributed by atoms with van der Waals surface area (Å²) in [4.78, 5) is 14.4. The van der Waals surface area contributed by atoms with Gasteiger partial charge in [-0.2, -0.15) is 0 Å². The van der Waals surface area contributed by atoms with Crippen molar-refractivity contribution < 1.29 is 18.8 Å². The maximum atomic E-state index is 15.2. The van der Waals surface area contributed by atoms with Crippen LogP contribution in [0.25, 0.3) is 0 Å². The van der Waals surface area contributed by atoms with Crippen molar-refractivity contribution in [1.82, 2.24) is 9.62 Å². The number of nitrogens with zero attached hydrogens (tertiary/aromatic N) is 2. The summed E-state index contributed by atoms with van der Waals surface area (Å²) in [5.74, 6) is -0.254. The Balaban J connectivity index is 1.66. The Morgan fingerprint density at radius 1 is 1.16 bits per heavy atom. The predicted molar refractivity (Wildman–Crippen MR) is 127 cm³/mol. The molecule has 174 valence electrons. The molecule has 1 aliphatic rings. The van der Waals surface area contributed by atoms with E-state index in [1.165, 1.54) is 4.90 Å². The van der Waals surface area contributed by atoms with Crippen LogP contribution in [0.4, 0.5) is 14.9 Å². The standard InChI is InChI=1S/C24H32FN3O3S/c1-17(26-32(31)24(2,3)4)19-10-8-18(9-11-19)16-20-6-5-7-21(22(20)25)27-12-14-28(15-13-27)23(29)30/h5-11,17,26H,12-16H2,1-4H3,(H,29,30). The van der Waals surface area contributed by atoms with Gasteiger partial charge in [0.25, 0.3) is 0 Å². The lowest BCUT2D eigenvalue weighted by Gasteiger charge is -2.35. The van der Waals surface area contributed by atoms with Crippen molar-refractivity contribution >= 4 is 23.1 Å². The number of benzene rings is 2. The summed E-state index contributed by atoms with van der Waals surface area (Å²) in [6, 6.07) is 13.3. The number of halogens is 1. The van der Waals surface area contributed by atoms with Gasteiger partial charge in [0.2, 0.25) is 0 Å². The van der Waals surface area contributed by atoms with Crippen LogP contribution in [0.15, 0.2) is 42.5 Å². The molecule has 2 aromatic carbocycles. The highest BCUT2D eigenvalue weighted by Gasteiger charge is 2.28. The summed E-state index contributed by atoms with van der Waals surface area (Å²) in [5, 5.41) is 9.10. The number of nitrogens with one attached hydrogen (secondary N) is 1. The van der Waals surface area contributed by atoms with Gasteiger partial charge >= 0.3 is 6.09 Å². The second-order valence-electron chi connectivity index (χ2n) is 9.15. The average Bonchev–Trinajstić information content (AvgIpc) is 2.75. The summed E-state index contributed by atoms with van der Waals surface area (Å²) in [5.41, 5.74) is 3.14. The van der Waals surface area contributed by atoms with E-state index in [2.05, 4.69) is 4.72 Å². The summed E-state index contributed by atoms with van der Waals surface area (Å²) >= 11 is -1.16. The van der Waals surface area contributed by atoms with E-state index in [0.717, 1.165) is 11.1 Å². The minimum Gasteiger partial charge on any atom is -0.598 e. The zero-order chi connectivity index (χ0) is 23.5. The van der Waals surface area contributed by atoms with Gasteiger partial charge in [0.15, 0.2) is 0 Å². The fourth-order valence-corrected chi connectivity index (χ4v) is 4.45. The summed E-state index contributed by atoms with van der Waals surface area (Å²) in [6.45, 7) is 9.46.